The number of nitrogens with zero attached hydrogens (tertiary/aromatic N) is 3. The fraction of sp³-hybridized carbons (Fsp3) is 0. The number of hydrogen-bond donors (Lipinski definition) is 0. The highest BCUT2D eigenvalue weighted by molar-refractivity contribution is 6.32. The Labute approximate surface area is 139 Å². The molecule has 0 N–H and O–H groups in total. The predicted molar refractivity (Wildman–Crippen MR) is 86.8 cm³/mol. The number of benzene rings is 2. The molecule has 2 rings (SSSR count). The summed E-state index contributed by atoms with van der Waals surface area (Å²) in [6, 6.07) is 7.90. The molecule has 2 aromatic rings. The van der Waals surface area contributed by atoms with Gasteiger partial charge >= 0.3 is 0 Å². The monoisotopic (exact) mass is 349 g/mol. The topological polar surface area (TPSA) is 129 Å². The lowest BCUT2D eigenvalue weighted by Crippen LogP contribution is -2.00. The average Bonchev–Trinajstić information content (AvgIpc) is 2.53. The first-order chi connectivity index (χ1) is 11.3. The van der Waals surface area contributed by atoms with E-state index in [-0.39, 0.29) is 5.56 Å². The van der Waals surface area contributed by atoms with Crippen LogP contribution < -0.4 is 0 Å². The van der Waals surface area contributed by atoms with Crippen LogP contribution in [-0.2, 0) is 0 Å². The molecule has 0 spiro atoms. The highest BCUT2D eigenvalue weighted by atomic mass is 35.5. The molecule has 0 aliphatic carbocycles. The minimum atomic E-state index is -0.929. The molecule has 0 saturated heterocycles. The summed E-state index contributed by atoms with van der Waals surface area (Å²) in [5.41, 5.74) is -2.07. The van der Waals surface area contributed by atoms with E-state index in [9.17, 15) is 30.3 Å². The van der Waals surface area contributed by atoms with Gasteiger partial charge in [-0.25, -0.2) is 0 Å². The second-order valence-corrected chi connectivity index (χ2v) is 4.93. The van der Waals surface area contributed by atoms with E-state index in [1.807, 2.05) is 0 Å². The maximum absolute atomic E-state index is 11.2. The Bertz CT molecular complexity index is 846. The highest BCUT2D eigenvalue weighted by Gasteiger charge is 2.28. The number of hydrogen-bond acceptors (Lipinski definition) is 6. The number of nitro groups is 3. The zero-order valence-corrected chi connectivity index (χ0v) is 12.5. The first-order valence-electron chi connectivity index (χ1n) is 6.35. The minimum Gasteiger partial charge on any atom is -0.258 e. The lowest BCUT2D eigenvalue weighted by molar-refractivity contribution is -0.403. The summed E-state index contributed by atoms with van der Waals surface area (Å²) in [6.07, 6.45) is 2.50. The van der Waals surface area contributed by atoms with Gasteiger partial charge in [-0.05, 0) is 17.7 Å². The molecule has 0 atom stereocenters. The van der Waals surface area contributed by atoms with Crippen LogP contribution in [0, 0.1) is 30.3 Å². The normalized spacial score (nSPS) is 10.7. The molecule has 2 aromatic carbocycles. The minimum absolute atomic E-state index is 0.348. The predicted octanol–water partition coefficient (Wildman–Crippen LogP) is 4.24. The van der Waals surface area contributed by atoms with Crippen LogP contribution in [0.4, 0.5) is 17.1 Å². The van der Waals surface area contributed by atoms with E-state index >= 15 is 0 Å². The Kier molecular flexibility index (Phi) is 4.85. The number of non-ortho nitro benzene ring substituents is 1. The van der Waals surface area contributed by atoms with Crippen molar-refractivity contribution in [2.45, 2.75) is 0 Å². The smallest absolute Gasteiger partial charge is 0.258 e. The van der Waals surface area contributed by atoms with Gasteiger partial charge in [0.2, 0.25) is 0 Å². The molecule has 0 unspecified atom stereocenters. The van der Waals surface area contributed by atoms with Crippen molar-refractivity contribution in [1.29, 1.82) is 0 Å². The number of rotatable bonds is 5. The largest absolute Gasteiger partial charge is 0.290 e. The molecule has 0 radical (unpaired) electrons. The zero-order chi connectivity index (χ0) is 17.9. The van der Waals surface area contributed by atoms with E-state index in [1.165, 1.54) is 6.08 Å². The fourth-order valence-corrected chi connectivity index (χ4v) is 2.17. The van der Waals surface area contributed by atoms with Crippen molar-refractivity contribution >= 4 is 40.8 Å². The molecule has 0 aliphatic heterocycles. The van der Waals surface area contributed by atoms with Crippen LogP contribution in [0.1, 0.15) is 11.1 Å². The summed E-state index contributed by atoms with van der Waals surface area (Å²) in [5.74, 6) is 0. The second-order valence-electron chi connectivity index (χ2n) is 4.52. The summed E-state index contributed by atoms with van der Waals surface area (Å²) in [6.45, 7) is 0. The first kappa shape index (κ1) is 17.0. The molecule has 0 fully saturated rings. The molecule has 122 valence electrons. The lowest BCUT2D eigenvalue weighted by Gasteiger charge is -2.01. The molecular weight excluding hydrogens is 342 g/mol. The molecule has 0 bridgehead atoms. The van der Waals surface area contributed by atoms with E-state index in [0.29, 0.717) is 22.7 Å². The maximum atomic E-state index is 11.2. The second kappa shape index (κ2) is 6.84. The Balaban J connectivity index is 2.67. The molecule has 24 heavy (non-hydrogen) atoms. The van der Waals surface area contributed by atoms with Crippen molar-refractivity contribution in [2.75, 3.05) is 0 Å². The molecule has 9 nitrogen and oxygen atoms in total. The van der Waals surface area contributed by atoms with E-state index in [1.54, 1.807) is 24.3 Å². The van der Waals surface area contributed by atoms with Crippen molar-refractivity contribution in [3.63, 3.8) is 0 Å². The van der Waals surface area contributed by atoms with Gasteiger partial charge in [0.25, 0.3) is 17.1 Å². The third-order valence-corrected chi connectivity index (χ3v) is 3.40. The number of nitro benzene ring substituents is 3. The molecule has 0 aliphatic rings. The summed E-state index contributed by atoms with van der Waals surface area (Å²) in [7, 11) is 0. The molecule has 0 aromatic heterocycles. The third kappa shape index (κ3) is 3.52. The summed E-state index contributed by atoms with van der Waals surface area (Å²) in [4.78, 5) is 30.4. The first-order valence-corrected chi connectivity index (χ1v) is 6.73. The molecule has 10 heteroatoms. The average molecular weight is 350 g/mol. The highest BCUT2D eigenvalue weighted by Crippen LogP contribution is 2.35. The maximum Gasteiger partial charge on any atom is 0.290 e. The van der Waals surface area contributed by atoms with Crippen molar-refractivity contribution < 1.29 is 14.8 Å². The van der Waals surface area contributed by atoms with E-state index < -0.39 is 31.8 Å². The van der Waals surface area contributed by atoms with Crippen LogP contribution in [0.5, 0.6) is 0 Å². The van der Waals surface area contributed by atoms with E-state index in [0.717, 1.165) is 6.08 Å². The Morgan fingerprint density at radius 1 is 0.833 bits per heavy atom. The van der Waals surface area contributed by atoms with Crippen LogP contribution in [0.25, 0.3) is 12.2 Å². The van der Waals surface area contributed by atoms with Crippen LogP contribution in [-0.4, -0.2) is 14.8 Å². The van der Waals surface area contributed by atoms with Gasteiger partial charge in [0.05, 0.1) is 26.9 Å². The Hall–Kier alpha value is -3.33. The van der Waals surface area contributed by atoms with Gasteiger partial charge in [-0.1, -0.05) is 35.9 Å². The van der Waals surface area contributed by atoms with Gasteiger partial charge in [-0.3, -0.25) is 30.3 Å². The van der Waals surface area contributed by atoms with Gasteiger partial charge in [0.1, 0.15) is 5.56 Å². The van der Waals surface area contributed by atoms with Crippen molar-refractivity contribution in [1.82, 2.24) is 0 Å². The van der Waals surface area contributed by atoms with Crippen molar-refractivity contribution in [3.05, 3.63) is 82.9 Å². The summed E-state index contributed by atoms with van der Waals surface area (Å²) >= 11 is 5.95. The van der Waals surface area contributed by atoms with Crippen molar-refractivity contribution in [3.8, 4) is 0 Å². The Morgan fingerprint density at radius 3 is 1.83 bits per heavy atom. The van der Waals surface area contributed by atoms with Crippen LogP contribution in [0.3, 0.4) is 0 Å². The van der Waals surface area contributed by atoms with Crippen LogP contribution in [0.15, 0.2) is 36.4 Å². The molecule has 0 amide bonds. The van der Waals surface area contributed by atoms with Gasteiger partial charge in [0.15, 0.2) is 0 Å². The third-order valence-electron chi connectivity index (χ3n) is 3.06. The molecule has 0 saturated carbocycles. The fourth-order valence-electron chi connectivity index (χ4n) is 1.97. The zero-order valence-electron chi connectivity index (χ0n) is 11.8. The summed E-state index contributed by atoms with van der Waals surface area (Å²) in [5, 5.41) is 33.5. The van der Waals surface area contributed by atoms with Gasteiger partial charge < -0.3 is 0 Å². The van der Waals surface area contributed by atoms with Crippen molar-refractivity contribution in [2.24, 2.45) is 0 Å². The summed E-state index contributed by atoms with van der Waals surface area (Å²) < 4.78 is 0. The van der Waals surface area contributed by atoms with Crippen LogP contribution >= 0.6 is 11.6 Å². The van der Waals surface area contributed by atoms with Gasteiger partial charge in [0, 0.05) is 5.02 Å². The van der Waals surface area contributed by atoms with Crippen LogP contribution in [0.2, 0.25) is 5.02 Å². The lowest BCUT2D eigenvalue weighted by atomic mass is 10.1. The Morgan fingerprint density at radius 2 is 1.38 bits per heavy atom. The quantitative estimate of drug-likeness (QED) is 0.451. The van der Waals surface area contributed by atoms with Gasteiger partial charge in [-0.2, -0.15) is 0 Å². The molecule has 0 heterocycles. The van der Waals surface area contributed by atoms with E-state index in [4.69, 9.17) is 11.6 Å². The van der Waals surface area contributed by atoms with E-state index in [2.05, 4.69) is 0 Å². The number of halogens is 1. The van der Waals surface area contributed by atoms with Gasteiger partial charge in [-0.15, -0.1) is 0 Å². The standard InChI is InChI=1S/C14H8ClN3O6/c15-12-4-2-1-3-9(12)5-6-11-13(17(21)22)7-10(16(19)20)8-14(11)18(23)24/h1-8H. The SMILES string of the molecule is O=[N+]([O-])c1cc([N+](=O)[O-])c(C=Cc2ccccc2Cl)c([N+](=O)[O-])c1. The molecular formula is C14H8ClN3O6.